The molecule has 9 heteroatoms. The van der Waals surface area contributed by atoms with Crippen LogP contribution in [0.2, 0.25) is 0 Å². The van der Waals surface area contributed by atoms with Crippen molar-refractivity contribution in [3.05, 3.63) is 122 Å². The number of carbonyl (C=O) groups excluding carboxylic acids is 2. The first kappa shape index (κ1) is 88.7. The summed E-state index contributed by atoms with van der Waals surface area (Å²) in [6, 6.07) is 0. The lowest BCUT2D eigenvalue weighted by Crippen LogP contribution is -2.40. The smallest absolute Gasteiger partial charge is 0.361 e. The van der Waals surface area contributed by atoms with Gasteiger partial charge in [-0.2, -0.15) is 0 Å². The maximum atomic E-state index is 13.0. The third-order valence-electron chi connectivity index (χ3n) is 16.7. The molecule has 0 aromatic heterocycles. The minimum absolute atomic E-state index is 0.183. The van der Waals surface area contributed by atoms with Gasteiger partial charge in [0, 0.05) is 12.8 Å². The summed E-state index contributed by atoms with van der Waals surface area (Å²) < 4.78 is 23.0. The fourth-order valence-electron chi connectivity index (χ4n) is 10.8. The van der Waals surface area contributed by atoms with E-state index in [1.807, 2.05) is 21.1 Å². The molecule has 9 nitrogen and oxygen atoms in total. The molecule has 2 unspecified atom stereocenters. The van der Waals surface area contributed by atoms with Crippen LogP contribution in [0.4, 0.5) is 0 Å². The van der Waals surface area contributed by atoms with E-state index in [1.165, 1.54) is 212 Å². The number of nitrogens with zero attached hydrogens (tertiary/aromatic N) is 1. The van der Waals surface area contributed by atoms with Gasteiger partial charge in [0.2, 0.25) is 0 Å². The summed E-state index contributed by atoms with van der Waals surface area (Å²) in [5, 5.41) is 9.77. The summed E-state index contributed by atoms with van der Waals surface area (Å²) in [5.74, 6) is -1.99. The summed E-state index contributed by atoms with van der Waals surface area (Å²) in [4.78, 5) is 37.7. The minimum atomic E-state index is -1.52. The number of rotatable bonds is 71. The highest BCUT2D eigenvalue weighted by Gasteiger charge is 2.25. The van der Waals surface area contributed by atoms with Crippen molar-refractivity contribution in [3.63, 3.8) is 0 Å². The van der Waals surface area contributed by atoms with Crippen molar-refractivity contribution >= 4 is 17.9 Å². The van der Waals surface area contributed by atoms with Gasteiger partial charge in [-0.05, 0) is 109 Å². The molecule has 0 rings (SSSR count). The topological polar surface area (TPSA) is 108 Å². The number of esters is 2. The zero-order valence-electron chi connectivity index (χ0n) is 61.1. The molecule has 534 valence electrons. The van der Waals surface area contributed by atoms with Crippen LogP contribution in [0.25, 0.3) is 0 Å². The van der Waals surface area contributed by atoms with Gasteiger partial charge in [-0.15, -0.1) is 0 Å². The molecule has 0 amide bonds. The average molecular weight is 1300 g/mol. The number of carboxylic acid groups (broad SMARTS) is 1. The fourth-order valence-corrected chi connectivity index (χ4v) is 10.8. The molecule has 93 heavy (non-hydrogen) atoms. The quantitative estimate of drug-likeness (QED) is 0.0211. The molecule has 1 N–H and O–H groups in total. The number of hydrogen-bond donors (Lipinski definition) is 1. The van der Waals surface area contributed by atoms with E-state index in [1.54, 1.807) is 0 Å². The van der Waals surface area contributed by atoms with Gasteiger partial charge in [0.25, 0.3) is 6.29 Å². The van der Waals surface area contributed by atoms with Gasteiger partial charge in [-0.1, -0.05) is 334 Å². The molecule has 0 bridgehead atoms. The van der Waals surface area contributed by atoms with Crippen molar-refractivity contribution in [1.82, 2.24) is 0 Å². The van der Waals surface area contributed by atoms with E-state index in [0.717, 1.165) is 96.3 Å². The van der Waals surface area contributed by atoms with E-state index in [0.29, 0.717) is 17.4 Å². The van der Waals surface area contributed by atoms with E-state index in [2.05, 4.69) is 135 Å². The van der Waals surface area contributed by atoms with Crippen molar-refractivity contribution < 1.29 is 42.9 Å². The van der Waals surface area contributed by atoms with Crippen molar-refractivity contribution in [2.75, 3.05) is 47.5 Å². The summed E-state index contributed by atoms with van der Waals surface area (Å²) in [6.07, 6.45) is 102. The van der Waals surface area contributed by atoms with E-state index >= 15 is 0 Å². The molecular weight excluding hydrogens is 1150 g/mol. The van der Waals surface area contributed by atoms with Crippen LogP contribution in [-0.4, -0.2) is 87.4 Å². The second kappa shape index (κ2) is 73.5. The van der Waals surface area contributed by atoms with Crippen LogP contribution in [0.3, 0.4) is 0 Å². The number of carboxylic acids is 1. The Bertz CT molecular complexity index is 1950. The second-order valence-electron chi connectivity index (χ2n) is 26.9. The largest absolute Gasteiger partial charge is 0.477 e. The number of allylic oxidation sites excluding steroid dienone is 20. The van der Waals surface area contributed by atoms with Crippen LogP contribution in [0.15, 0.2) is 122 Å². The molecule has 0 fully saturated rings. The number of likely N-dealkylation sites (N-methyl/N-ethyl adjacent to an activating group) is 1. The molecule has 0 aliphatic carbocycles. The molecule has 0 saturated heterocycles. The summed E-state index contributed by atoms with van der Waals surface area (Å²) in [5.41, 5.74) is 0. The van der Waals surface area contributed by atoms with Gasteiger partial charge in [-0.3, -0.25) is 9.59 Å². The van der Waals surface area contributed by atoms with Crippen molar-refractivity contribution in [1.29, 1.82) is 0 Å². The highest BCUT2D eigenvalue weighted by molar-refractivity contribution is 5.71. The van der Waals surface area contributed by atoms with Crippen molar-refractivity contribution in [3.8, 4) is 0 Å². The van der Waals surface area contributed by atoms with Crippen molar-refractivity contribution in [2.24, 2.45) is 0 Å². The molecule has 0 saturated carbocycles. The number of quaternary nitrogens is 1. The maximum Gasteiger partial charge on any atom is 0.361 e. The van der Waals surface area contributed by atoms with Gasteiger partial charge in [0.1, 0.15) is 13.2 Å². The van der Waals surface area contributed by atoms with Crippen LogP contribution in [0.5, 0.6) is 0 Å². The molecule has 0 aliphatic heterocycles. The van der Waals surface area contributed by atoms with E-state index in [4.69, 9.17) is 18.9 Å². The third kappa shape index (κ3) is 74.9. The highest BCUT2D eigenvalue weighted by Crippen LogP contribution is 2.18. The number of hydrogen-bond acceptors (Lipinski definition) is 7. The van der Waals surface area contributed by atoms with Crippen LogP contribution in [0.1, 0.15) is 335 Å². The molecule has 0 aromatic rings. The standard InChI is InChI=1S/C84H145NO8/c1-6-8-10-12-14-16-18-20-22-24-26-28-30-32-34-35-36-37-38-39-40-41-42-43-44-45-46-47-49-51-53-55-57-59-61-63-65-67-69-71-73-75-82(87)93-80(79-92-84(83(88)89)90-77-76-85(3,4)5)78-91-81(86)74-72-70-68-66-64-62-60-58-56-54-52-50-48-33-31-29-27-25-23-21-19-17-15-13-11-9-7-2/h8,10,14,16,19-22,25-28,32,34,36-37,39-40,42-43,80,84H,6-7,9,11-13,15,17-18,23-24,29-31,33,35,38,41,44-79H2,1-5H3/p+1/b10-8-,16-14-,21-19-,22-20-,27-25-,28-26-,34-32-,37-36-,40-39-,43-42-. The Morgan fingerprint density at radius 2 is 0.613 bits per heavy atom. The second-order valence-corrected chi connectivity index (χ2v) is 26.9. The van der Waals surface area contributed by atoms with E-state index in [-0.39, 0.29) is 32.2 Å². The van der Waals surface area contributed by atoms with Crippen LogP contribution in [-0.2, 0) is 33.3 Å². The van der Waals surface area contributed by atoms with Gasteiger partial charge < -0.3 is 28.5 Å². The Balaban J connectivity index is 4.05. The van der Waals surface area contributed by atoms with Gasteiger partial charge in [0.05, 0.1) is 34.4 Å². The minimum Gasteiger partial charge on any atom is -0.477 e. The van der Waals surface area contributed by atoms with Gasteiger partial charge in [0.15, 0.2) is 6.10 Å². The first-order chi connectivity index (χ1) is 45.6. The monoisotopic (exact) mass is 1300 g/mol. The molecule has 0 radical (unpaired) electrons. The van der Waals surface area contributed by atoms with Crippen LogP contribution < -0.4 is 0 Å². The van der Waals surface area contributed by atoms with Crippen LogP contribution >= 0.6 is 0 Å². The Hall–Kier alpha value is -4.31. The Morgan fingerprint density at radius 1 is 0.333 bits per heavy atom. The first-order valence-corrected chi connectivity index (χ1v) is 38.7. The lowest BCUT2D eigenvalue weighted by molar-refractivity contribution is -0.870. The van der Waals surface area contributed by atoms with Gasteiger partial charge in [-0.25, -0.2) is 4.79 Å². The lowest BCUT2D eigenvalue weighted by atomic mass is 10.0. The number of ether oxygens (including phenoxy) is 4. The molecular formula is C84H146NO8+. The number of unbranched alkanes of at least 4 members (excludes halogenated alkanes) is 36. The predicted molar refractivity (Wildman–Crippen MR) is 401 cm³/mol. The normalized spacial score (nSPS) is 13.3. The number of carbonyl (C=O) groups is 3. The Kier molecular flexibility index (Phi) is 70.1. The zero-order chi connectivity index (χ0) is 67.5. The van der Waals surface area contributed by atoms with Gasteiger partial charge >= 0.3 is 17.9 Å². The average Bonchev–Trinajstić information content (AvgIpc) is 3.38. The van der Waals surface area contributed by atoms with E-state index < -0.39 is 24.3 Å². The molecule has 2 atom stereocenters. The molecule has 0 heterocycles. The zero-order valence-corrected chi connectivity index (χ0v) is 61.1. The molecule has 0 spiro atoms. The summed E-state index contributed by atoms with van der Waals surface area (Å²) in [6.45, 7) is 4.79. The summed E-state index contributed by atoms with van der Waals surface area (Å²) >= 11 is 0. The molecule has 0 aromatic carbocycles. The Labute approximate surface area is 574 Å². The number of aliphatic carboxylic acids is 1. The summed E-state index contributed by atoms with van der Waals surface area (Å²) in [7, 11) is 5.98. The Morgan fingerprint density at radius 3 is 0.914 bits per heavy atom. The SMILES string of the molecule is CC/C=C\C/C=C\C/C=C\C/C=C\C/C=C\C/C=C\C/C=C\C/C=C\CCCCCCCCCCCCCCCCCCC(=O)OC(COC(=O)CCCCCCCCCCCCCCCCC/C=C\C/C=C\CCCCCCC)COC(OCC[N+](C)(C)C)C(=O)O. The molecule has 0 aliphatic rings. The van der Waals surface area contributed by atoms with E-state index in [9.17, 15) is 19.5 Å². The van der Waals surface area contributed by atoms with Crippen LogP contribution in [0, 0.1) is 0 Å². The fraction of sp³-hybridized carbons (Fsp3) is 0.726. The predicted octanol–water partition coefficient (Wildman–Crippen LogP) is 24.7. The maximum absolute atomic E-state index is 13.0. The first-order valence-electron chi connectivity index (χ1n) is 38.7. The van der Waals surface area contributed by atoms with Crippen molar-refractivity contribution in [2.45, 2.75) is 347 Å². The lowest BCUT2D eigenvalue weighted by Gasteiger charge is -2.25. The third-order valence-corrected chi connectivity index (χ3v) is 16.7. The highest BCUT2D eigenvalue weighted by atomic mass is 16.7.